The molecule has 0 saturated carbocycles. The van der Waals surface area contributed by atoms with Crippen molar-refractivity contribution in [2.75, 3.05) is 0 Å². The molecule has 0 amide bonds. The fraction of sp³-hybridized carbons (Fsp3) is 0.455. The number of benzene rings is 1. The number of alkyl halides is 2. The first-order chi connectivity index (χ1) is 6.24. The van der Waals surface area contributed by atoms with Gasteiger partial charge in [0.05, 0.1) is 3.74 Å². The van der Waals surface area contributed by atoms with Crippen LogP contribution < -0.4 is 0 Å². The molecule has 0 aromatic heterocycles. The molecule has 2 heteroatoms. The van der Waals surface area contributed by atoms with Crippen molar-refractivity contribution in [2.45, 2.75) is 29.9 Å². The van der Waals surface area contributed by atoms with Gasteiger partial charge in [-0.25, -0.2) is 0 Å². The Morgan fingerprint density at radius 2 is 1.77 bits per heavy atom. The molecule has 0 aliphatic rings. The van der Waals surface area contributed by atoms with E-state index in [4.69, 9.17) is 0 Å². The molecule has 0 nitrogen and oxygen atoms in total. The first-order valence-corrected chi connectivity index (χ1v) is 6.44. The van der Waals surface area contributed by atoms with Crippen LogP contribution >= 0.6 is 31.9 Å². The predicted octanol–water partition coefficient (Wildman–Crippen LogP) is 4.82. The van der Waals surface area contributed by atoms with Gasteiger partial charge in [0.2, 0.25) is 0 Å². The van der Waals surface area contributed by atoms with Gasteiger partial charge in [-0.3, -0.25) is 0 Å². The fourth-order valence-corrected chi connectivity index (χ4v) is 1.82. The molecule has 0 heterocycles. The van der Waals surface area contributed by atoms with Crippen LogP contribution in [-0.2, 0) is 6.42 Å². The molecule has 0 bridgehead atoms. The fourth-order valence-electron chi connectivity index (χ4n) is 1.21. The van der Waals surface area contributed by atoms with Crippen molar-refractivity contribution in [3.05, 3.63) is 35.4 Å². The summed E-state index contributed by atoms with van der Waals surface area (Å²) in [6.07, 6.45) is 3.75. The Bertz CT molecular complexity index is 239. The van der Waals surface area contributed by atoms with Crippen LogP contribution in [0.15, 0.2) is 24.3 Å². The molecule has 1 aromatic rings. The highest BCUT2D eigenvalue weighted by atomic mass is 79.9. The Labute approximate surface area is 97.0 Å². The molecule has 0 N–H and O–H groups in total. The van der Waals surface area contributed by atoms with E-state index in [2.05, 4.69) is 63.0 Å². The van der Waals surface area contributed by atoms with E-state index in [9.17, 15) is 0 Å². The van der Waals surface area contributed by atoms with Gasteiger partial charge >= 0.3 is 0 Å². The van der Waals surface area contributed by atoms with Crippen molar-refractivity contribution in [1.82, 2.24) is 0 Å². The molecule has 1 aromatic carbocycles. The summed E-state index contributed by atoms with van der Waals surface area (Å²) < 4.78 is 0.278. The number of halogens is 2. The molecule has 1 rings (SSSR count). The smallest absolute Gasteiger partial charge is 0.0712 e. The largest absolute Gasteiger partial charge is 0.0946 e. The van der Waals surface area contributed by atoms with E-state index in [0.717, 1.165) is 0 Å². The van der Waals surface area contributed by atoms with Crippen molar-refractivity contribution in [3.8, 4) is 0 Å². The molecule has 72 valence electrons. The number of hydrogen-bond acceptors (Lipinski definition) is 0. The van der Waals surface area contributed by atoms with Gasteiger partial charge in [0, 0.05) is 0 Å². The molecular weight excluding hydrogens is 292 g/mol. The second-order valence-corrected chi connectivity index (χ2v) is 6.21. The molecule has 0 aliphatic carbocycles. The first-order valence-electron chi connectivity index (χ1n) is 4.61. The second kappa shape index (κ2) is 5.82. The molecule has 0 atom stereocenters. The summed E-state index contributed by atoms with van der Waals surface area (Å²) in [4.78, 5) is 0. The number of rotatable bonds is 4. The lowest BCUT2D eigenvalue weighted by Crippen LogP contribution is -1.86. The molecule has 0 unspecified atom stereocenters. The van der Waals surface area contributed by atoms with Crippen molar-refractivity contribution >= 4 is 31.9 Å². The van der Waals surface area contributed by atoms with Crippen molar-refractivity contribution in [1.29, 1.82) is 0 Å². The highest BCUT2D eigenvalue weighted by Crippen LogP contribution is 2.28. The summed E-state index contributed by atoms with van der Waals surface area (Å²) in [5, 5.41) is 0. The Morgan fingerprint density at radius 1 is 1.15 bits per heavy atom. The maximum atomic E-state index is 3.48. The molecule has 13 heavy (non-hydrogen) atoms. The number of unbranched alkanes of at least 4 members (excludes halogenated alkanes) is 1. The summed E-state index contributed by atoms with van der Waals surface area (Å²) in [6.45, 7) is 2.22. The average Bonchev–Trinajstić information content (AvgIpc) is 2.15. The standard InChI is InChI=1S/C11H14Br2/c1-2-3-4-9-5-7-10(8-6-9)11(12)13/h5-8,11H,2-4H2,1H3. The summed E-state index contributed by atoms with van der Waals surface area (Å²) in [6, 6.07) is 8.75. The Morgan fingerprint density at radius 3 is 2.23 bits per heavy atom. The van der Waals surface area contributed by atoms with E-state index in [1.54, 1.807) is 0 Å². The van der Waals surface area contributed by atoms with Crippen LogP contribution in [0, 0.1) is 0 Å². The summed E-state index contributed by atoms with van der Waals surface area (Å²) in [7, 11) is 0. The monoisotopic (exact) mass is 304 g/mol. The summed E-state index contributed by atoms with van der Waals surface area (Å²) in [5.41, 5.74) is 2.71. The van der Waals surface area contributed by atoms with E-state index in [-0.39, 0.29) is 3.74 Å². The van der Waals surface area contributed by atoms with E-state index >= 15 is 0 Å². The Hall–Kier alpha value is 0.180. The van der Waals surface area contributed by atoms with Gasteiger partial charge in [-0.2, -0.15) is 0 Å². The van der Waals surface area contributed by atoms with Crippen molar-refractivity contribution < 1.29 is 0 Å². The van der Waals surface area contributed by atoms with Crippen LogP contribution in [-0.4, -0.2) is 0 Å². The van der Waals surface area contributed by atoms with Crippen LogP contribution in [0.2, 0.25) is 0 Å². The van der Waals surface area contributed by atoms with Gasteiger partial charge in [-0.1, -0.05) is 69.5 Å². The third kappa shape index (κ3) is 3.82. The minimum absolute atomic E-state index is 0.278. The zero-order valence-corrected chi connectivity index (χ0v) is 10.9. The van der Waals surface area contributed by atoms with Crippen LogP contribution in [0.4, 0.5) is 0 Å². The van der Waals surface area contributed by atoms with Gasteiger partial charge < -0.3 is 0 Å². The molecular formula is C11H14Br2. The quantitative estimate of drug-likeness (QED) is 0.700. The topological polar surface area (TPSA) is 0 Å². The van der Waals surface area contributed by atoms with E-state index in [1.807, 2.05) is 0 Å². The van der Waals surface area contributed by atoms with E-state index in [1.165, 1.54) is 30.4 Å². The zero-order chi connectivity index (χ0) is 9.68. The Kier molecular flexibility index (Phi) is 5.04. The van der Waals surface area contributed by atoms with Crippen molar-refractivity contribution in [3.63, 3.8) is 0 Å². The molecule has 0 aliphatic heterocycles. The van der Waals surface area contributed by atoms with Crippen LogP contribution in [0.3, 0.4) is 0 Å². The maximum Gasteiger partial charge on any atom is 0.0946 e. The van der Waals surface area contributed by atoms with Gasteiger partial charge in [0.25, 0.3) is 0 Å². The van der Waals surface area contributed by atoms with Crippen LogP contribution in [0.1, 0.15) is 34.6 Å². The van der Waals surface area contributed by atoms with Gasteiger partial charge in [-0.05, 0) is 24.0 Å². The lowest BCUT2D eigenvalue weighted by molar-refractivity contribution is 0.795. The third-order valence-corrected chi connectivity index (χ3v) is 3.11. The molecule has 0 saturated heterocycles. The average molecular weight is 306 g/mol. The summed E-state index contributed by atoms with van der Waals surface area (Å²) in [5.74, 6) is 0. The molecule has 0 spiro atoms. The maximum absolute atomic E-state index is 3.48. The predicted molar refractivity (Wildman–Crippen MR) is 65.6 cm³/mol. The minimum atomic E-state index is 0.278. The first kappa shape index (κ1) is 11.3. The van der Waals surface area contributed by atoms with Crippen molar-refractivity contribution in [2.24, 2.45) is 0 Å². The van der Waals surface area contributed by atoms with E-state index in [0.29, 0.717) is 0 Å². The lowest BCUT2D eigenvalue weighted by Gasteiger charge is -2.04. The Balaban J connectivity index is 2.59. The highest BCUT2D eigenvalue weighted by Gasteiger charge is 2.00. The van der Waals surface area contributed by atoms with Gasteiger partial charge in [0.1, 0.15) is 0 Å². The second-order valence-electron chi connectivity index (χ2n) is 3.15. The minimum Gasteiger partial charge on any atom is -0.0712 e. The number of hydrogen-bond donors (Lipinski definition) is 0. The van der Waals surface area contributed by atoms with Crippen LogP contribution in [0.25, 0.3) is 0 Å². The van der Waals surface area contributed by atoms with Gasteiger partial charge in [-0.15, -0.1) is 0 Å². The summed E-state index contributed by atoms with van der Waals surface area (Å²) >= 11 is 6.95. The normalized spacial score (nSPS) is 10.8. The van der Waals surface area contributed by atoms with E-state index < -0.39 is 0 Å². The number of aryl methyl sites for hydroxylation is 1. The lowest BCUT2D eigenvalue weighted by atomic mass is 10.1. The van der Waals surface area contributed by atoms with Gasteiger partial charge in [0.15, 0.2) is 0 Å². The molecule has 0 radical (unpaired) electrons. The zero-order valence-electron chi connectivity index (χ0n) is 7.76. The van der Waals surface area contributed by atoms with Crippen LogP contribution in [0.5, 0.6) is 0 Å². The third-order valence-electron chi connectivity index (χ3n) is 2.05. The molecule has 0 fully saturated rings. The highest BCUT2D eigenvalue weighted by molar-refractivity contribution is 9.24. The SMILES string of the molecule is CCCCc1ccc(C(Br)Br)cc1.